The Morgan fingerprint density at radius 1 is 1.26 bits per heavy atom. The maximum absolute atomic E-state index is 12.3. The molecular weight excluding hydrogens is 287 g/mol. The van der Waals surface area contributed by atoms with Gasteiger partial charge < -0.3 is 4.74 Å². The molecule has 0 heterocycles. The standard InChI is InChI=1S/C11H15ClF3NO3/c12-5-8(17)6-16(7-11(13,14)15)10(18)19-9-3-1-2-4-9/h9H,1-7H2. The highest BCUT2D eigenvalue weighted by Crippen LogP contribution is 2.23. The molecule has 1 aliphatic rings. The van der Waals surface area contributed by atoms with Crippen LogP contribution in [0.15, 0.2) is 0 Å². The van der Waals surface area contributed by atoms with Crippen molar-refractivity contribution >= 4 is 23.5 Å². The molecule has 1 rings (SSSR count). The van der Waals surface area contributed by atoms with Gasteiger partial charge in [0.05, 0.1) is 12.4 Å². The summed E-state index contributed by atoms with van der Waals surface area (Å²) in [4.78, 5) is 23.1. The topological polar surface area (TPSA) is 46.6 Å². The number of hydrogen-bond acceptors (Lipinski definition) is 3. The van der Waals surface area contributed by atoms with Gasteiger partial charge in [-0.2, -0.15) is 13.2 Å². The number of Topliss-reactive ketones (excluding diaryl/α,β-unsaturated/α-hetero) is 1. The zero-order valence-corrected chi connectivity index (χ0v) is 11.0. The zero-order valence-electron chi connectivity index (χ0n) is 10.2. The second kappa shape index (κ2) is 6.98. The number of alkyl halides is 4. The van der Waals surface area contributed by atoms with E-state index in [0.29, 0.717) is 17.7 Å². The first-order valence-corrected chi connectivity index (χ1v) is 6.45. The molecule has 0 aliphatic heterocycles. The average molecular weight is 302 g/mol. The largest absolute Gasteiger partial charge is 0.446 e. The van der Waals surface area contributed by atoms with E-state index in [2.05, 4.69) is 0 Å². The van der Waals surface area contributed by atoms with Crippen LogP contribution in [0.25, 0.3) is 0 Å². The van der Waals surface area contributed by atoms with Gasteiger partial charge in [0.1, 0.15) is 12.6 Å². The van der Waals surface area contributed by atoms with E-state index in [1.165, 1.54) is 0 Å². The van der Waals surface area contributed by atoms with E-state index in [4.69, 9.17) is 16.3 Å². The van der Waals surface area contributed by atoms with Gasteiger partial charge in [0, 0.05) is 0 Å². The first-order chi connectivity index (χ1) is 8.81. The lowest BCUT2D eigenvalue weighted by atomic mass is 10.3. The summed E-state index contributed by atoms with van der Waals surface area (Å²) in [7, 11) is 0. The predicted octanol–water partition coefficient (Wildman–Crippen LogP) is 2.74. The molecule has 110 valence electrons. The lowest BCUT2D eigenvalue weighted by molar-refractivity contribution is -0.145. The van der Waals surface area contributed by atoms with Gasteiger partial charge in [-0.1, -0.05) is 0 Å². The molecule has 8 heteroatoms. The average Bonchev–Trinajstić information content (AvgIpc) is 2.78. The van der Waals surface area contributed by atoms with Crippen LogP contribution in [0.2, 0.25) is 0 Å². The number of amides is 1. The zero-order chi connectivity index (χ0) is 14.5. The molecule has 1 saturated carbocycles. The predicted molar refractivity (Wildman–Crippen MR) is 62.1 cm³/mol. The van der Waals surface area contributed by atoms with Crippen LogP contribution in [-0.4, -0.2) is 48.0 Å². The highest BCUT2D eigenvalue weighted by atomic mass is 35.5. The molecule has 0 unspecified atom stereocenters. The lowest BCUT2D eigenvalue weighted by Crippen LogP contribution is -2.43. The second-order valence-electron chi connectivity index (χ2n) is 4.43. The first-order valence-electron chi connectivity index (χ1n) is 5.92. The third-order valence-corrected chi connectivity index (χ3v) is 3.01. The minimum absolute atomic E-state index is 0.350. The Hall–Kier alpha value is -0.980. The number of rotatable bonds is 5. The fourth-order valence-electron chi connectivity index (χ4n) is 1.88. The van der Waals surface area contributed by atoms with E-state index in [0.717, 1.165) is 12.8 Å². The molecule has 0 atom stereocenters. The van der Waals surface area contributed by atoms with Crippen LogP contribution in [0.4, 0.5) is 18.0 Å². The molecule has 4 nitrogen and oxygen atoms in total. The normalized spacial score (nSPS) is 16.4. The van der Waals surface area contributed by atoms with E-state index >= 15 is 0 Å². The summed E-state index contributed by atoms with van der Waals surface area (Å²) in [5.74, 6) is -1.10. The summed E-state index contributed by atoms with van der Waals surface area (Å²) in [6, 6.07) is 0. The minimum Gasteiger partial charge on any atom is -0.446 e. The van der Waals surface area contributed by atoms with E-state index in [-0.39, 0.29) is 6.10 Å². The summed E-state index contributed by atoms with van der Waals surface area (Å²) in [5.41, 5.74) is 0. The Bertz CT molecular complexity index is 330. The molecule has 1 aliphatic carbocycles. The fraction of sp³-hybridized carbons (Fsp3) is 0.818. The number of carbonyl (C=O) groups excluding carboxylic acids is 2. The van der Waals surface area contributed by atoms with Crippen LogP contribution >= 0.6 is 11.6 Å². The van der Waals surface area contributed by atoms with Gasteiger partial charge >= 0.3 is 12.3 Å². The van der Waals surface area contributed by atoms with Crippen LogP contribution in [0.5, 0.6) is 0 Å². The smallest absolute Gasteiger partial charge is 0.410 e. The minimum atomic E-state index is -4.58. The van der Waals surface area contributed by atoms with Gasteiger partial charge in [-0.05, 0) is 25.7 Å². The summed E-state index contributed by atoms with van der Waals surface area (Å²) >= 11 is 5.23. The van der Waals surface area contributed by atoms with Crippen molar-refractivity contribution in [3.8, 4) is 0 Å². The summed E-state index contributed by atoms with van der Waals surface area (Å²) in [5, 5.41) is 0. The number of nitrogens with zero attached hydrogens (tertiary/aromatic N) is 1. The second-order valence-corrected chi connectivity index (χ2v) is 4.70. The Balaban J connectivity index is 2.59. The van der Waals surface area contributed by atoms with Gasteiger partial charge in [-0.25, -0.2) is 4.79 Å². The molecule has 0 saturated heterocycles. The van der Waals surface area contributed by atoms with Gasteiger partial charge in [-0.15, -0.1) is 11.6 Å². The van der Waals surface area contributed by atoms with Crippen LogP contribution in [0, 0.1) is 0 Å². The monoisotopic (exact) mass is 301 g/mol. The van der Waals surface area contributed by atoms with Crippen molar-refractivity contribution < 1.29 is 27.5 Å². The molecule has 0 aromatic rings. The van der Waals surface area contributed by atoms with E-state index in [1.54, 1.807) is 0 Å². The number of carbonyl (C=O) groups is 2. The molecule has 0 bridgehead atoms. The molecule has 0 radical (unpaired) electrons. The highest BCUT2D eigenvalue weighted by Gasteiger charge is 2.35. The van der Waals surface area contributed by atoms with Crippen molar-refractivity contribution in [2.45, 2.75) is 38.0 Å². The Labute approximate surface area is 113 Å². The van der Waals surface area contributed by atoms with Crippen molar-refractivity contribution in [3.63, 3.8) is 0 Å². The maximum atomic E-state index is 12.3. The van der Waals surface area contributed by atoms with Gasteiger partial charge in [0.25, 0.3) is 0 Å². The number of ether oxygens (including phenoxy) is 1. The third-order valence-electron chi connectivity index (χ3n) is 2.71. The third kappa shape index (κ3) is 6.13. The maximum Gasteiger partial charge on any atom is 0.410 e. The van der Waals surface area contributed by atoms with E-state index < -0.39 is 37.0 Å². The van der Waals surface area contributed by atoms with Crippen molar-refractivity contribution in [3.05, 3.63) is 0 Å². The molecular formula is C11H15ClF3NO3. The number of halogens is 4. The molecule has 0 aromatic carbocycles. The van der Waals surface area contributed by atoms with Crippen molar-refractivity contribution in [1.82, 2.24) is 4.90 Å². The van der Waals surface area contributed by atoms with Gasteiger partial charge in [0.2, 0.25) is 0 Å². The van der Waals surface area contributed by atoms with Gasteiger partial charge in [-0.3, -0.25) is 9.69 Å². The summed E-state index contributed by atoms with van der Waals surface area (Å²) < 4.78 is 42.0. The molecule has 0 N–H and O–H groups in total. The summed E-state index contributed by atoms with van der Waals surface area (Å²) in [6.45, 7) is -2.20. The molecule has 0 aromatic heterocycles. The van der Waals surface area contributed by atoms with Crippen molar-refractivity contribution in [2.75, 3.05) is 19.0 Å². The quantitative estimate of drug-likeness (QED) is 0.734. The lowest BCUT2D eigenvalue weighted by Gasteiger charge is -2.24. The summed E-state index contributed by atoms with van der Waals surface area (Å²) in [6.07, 6.45) is -2.97. The SMILES string of the molecule is O=C(CCl)CN(CC(F)(F)F)C(=O)OC1CCCC1. The molecule has 1 fully saturated rings. The Morgan fingerprint density at radius 2 is 1.84 bits per heavy atom. The fourth-order valence-corrected chi connectivity index (χ4v) is 1.96. The molecule has 19 heavy (non-hydrogen) atoms. The van der Waals surface area contributed by atoms with Gasteiger partial charge in [0.15, 0.2) is 5.78 Å². The van der Waals surface area contributed by atoms with Crippen LogP contribution in [0.3, 0.4) is 0 Å². The van der Waals surface area contributed by atoms with E-state index in [9.17, 15) is 22.8 Å². The molecule has 0 spiro atoms. The first kappa shape index (κ1) is 16.1. The Kier molecular flexibility index (Phi) is 5.90. The van der Waals surface area contributed by atoms with Crippen molar-refractivity contribution in [2.24, 2.45) is 0 Å². The van der Waals surface area contributed by atoms with Crippen molar-refractivity contribution in [1.29, 1.82) is 0 Å². The van der Waals surface area contributed by atoms with Crippen LogP contribution < -0.4 is 0 Å². The number of hydrogen-bond donors (Lipinski definition) is 0. The Morgan fingerprint density at radius 3 is 2.32 bits per heavy atom. The molecule has 1 amide bonds. The van der Waals surface area contributed by atoms with Crippen LogP contribution in [-0.2, 0) is 9.53 Å². The van der Waals surface area contributed by atoms with Crippen LogP contribution in [0.1, 0.15) is 25.7 Å². The highest BCUT2D eigenvalue weighted by molar-refractivity contribution is 6.28. The number of ketones is 1. The van der Waals surface area contributed by atoms with E-state index in [1.807, 2.05) is 0 Å².